The van der Waals surface area contributed by atoms with E-state index in [-0.39, 0.29) is 30.6 Å². The molecule has 2 aromatic carbocycles. The number of nitrogens with zero attached hydrogens (tertiary/aromatic N) is 2. The lowest BCUT2D eigenvalue weighted by molar-refractivity contribution is -0.187. The Morgan fingerprint density at radius 1 is 1.16 bits per heavy atom. The second-order valence-electron chi connectivity index (χ2n) is 15.2. The van der Waals surface area contributed by atoms with E-state index in [1.165, 1.54) is 44.1 Å². The minimum absolute atomic E-state index is 0.0501. The first-order chi connectivity index (χ1) is 25.8. The van der Waals surface area contributed by atoms with Crippen LogP contribution in [0.1, 0.15) is 68.4 Å². The smallest absolute Gasteiger partial charge is 0.328 e. The predicted octanol–water partition coefficient (Wildman–Crippen LogP) is 4.97. The molecule has 2 amide bonds. The summed E-state index contributed by atoms with van der Waals surface area (Å²) in [5.41, 5.74) is 6.79. The largest absolute Gasteiger partial charge is 0.496 e. The van der Waals surface area contributed by atoms with Crippen LogP contribution in [0, 0.1) is 12.8 Å². The molecule has 0 unspecified atom stereocenters. The Kier molecular flexibility index (Phi) is 12.4. The van der Waals surface area contributed by atoms with Crippen LogP contribution in [0.4, 0.5) is 11.4 Å². The number of fused-ring (bicyclic) bond motifs is 5. The molecule has 3 aliphatic heterocycles. The zero-order valence-electron chi connectivity index (χ0n) is 32.9. The average Bonchev–Trinajstić information content (AvgIpc) is 3.83. The summed E-state index contributed by atoms with van der Waals surface area (Å²) >= 11 is 6.79. The minimum Gasteiger partial charge on any atom is -0.496 e. The number of likely N-dealkylation sites (N-methyl/N-ethyl adjacent to an activating group) is 1. The summed E-state index contributed by atoms with van der Waals surface area (Å²) in [6.45, 7) is 8.88. The van der Waals surface area contributed by atoms with Crippen LogP contribution in [-0.2, 0) is 39.8 Å². The van der Waals surface area contributed by atoms with Gasteiger partial charge in [0.2, 0.25) is 5.91 Å². The first-order valence-electron chi connectivity index (χ1n) is 18.3. The van der Waals surface area contributed by atoms with Crippen molar-refractivity contribution < 1.29 is 48.0 Å². The fourth-order valence-corrected chi connectivity index (χ4v) is 7.79. The molecule has 0 aromatic heterocycles. The van der Waals surface area contributed by atoms with Crippen LogP contribution in [0.25, 0.3) is 0 Å². The number of esters is 2. The zero-order valence-corrected chi connectivity index (χ0v) is 33.6. The van der Waals surface area contributed by atoms with Gasteiger partial charge in [0.05, 0.1) is 42.3 Å². The summed E-state index contributed by atoms with van der Waals surface area (Å²) in [6.07, 6.45) is 1.99. The Morgan fingerprint density at radius 3 is 2.55 bits per heavy atom. The number of rotatable bonds is 6. The van der Waals surface area contributed by atoms with E-state index in [9.17, 15) is 24.3 Å². The van der Waals surface area contributed by atoms with Gasteiger partial charge in [0.15, 0.2) is 0 Å². The minimum atomic E-state index is -1.58. The Hall–Kier alpha value is -4.43. The molecule has 298 valence electrons. The predicted molar refractivity (Wildman–Crippen MR) is 207 cm³/mol. The number of methoxy groups -OCH3 is 2. The number of nitrogen functional groups attached to an aromatic ring is 1. The number of benzene rings is 2. The molecule has 14 heteroatoms. The van der Waals surface area contributed by atoms with Crippen LogP contribution in [-0.4, -0.2) is 104 Å². The summed E-state index contributed by atoms with van der Waals surface area (Å²) in [6, 6.07) is 7.32. The highest BCUT2D eigenvalue weighted by molar-refractivity contribution is 6.34. The lowest BCUT2D eigenvalue weighted by atomic mass is 9.78. The van der Waals surface area contributed by atoms with Gasteiger partial charge in [-0.1, -0.05) is 48.4 Å². The van der Waals surface area contributed by atoms with Crippen molar-refractivity contribution in [2.24, 2.45) is 5.92 Å². The third-order valence-electron chi connectivity index (χ3n) is 11.2. The highest BCUT2D eigenvalue weighted by atomic mass is 35.5. The summed E-state index contributed by atoms with van der Waals surface area (Å²) in [4.78, 5) is 57.4. The molecule has 2 aromatic rings. The van der Waals surface area contributed by atoms with Crippen molar-refractivity contribution >= 4 is 46.7 Å². The van der Waals surface area contributed by atoms with Gasteiger partial charge in [-0.05, 0) is 69.5 Å². The van der Waals surface area contributed by atoms with Crippen molar-refractivity contribution in [1.29, 1.82) is 0 Å². The molecular formula is C41H52ClN3O10. The number of allylic oxidation sites excluding steroid dienone is 3. The summed E-state index contributed by atoms with van der Waals surface area (Å²) in [5, 5.41) is 12.3. The van der Waals surface area contributed by atoms with Gasteiger partial charge in [-0.3, -0.25) is 14.4 Å². The molecule has 0 spiro atoms. The molecule has 13 nitrogen and oxygen atoms in total. The molecule has 5 rings (SSSR count). The molecule has 0 aliphatic carbocycles. The first kappa shape index (κ1) is 41.7. The van der Waals surface area contributed by atoms with Gasteiger partial charge in [0, 0.05) is 39.2 Å². The molecule has 8 atom stereocenters. The van der Waals surface area contributed by atoms with E-state index < -0.39 is 71.3 Å². The Morgan fingerprint density at radius 2 is 1.87 bits per heavy atom. The lowest BCUT2D eigenvalue weighted by Gasteiger charge is -2.41. The molecule has 3 heterocycles. The maximum atomic E-state index is 14.2. The molecular weight excluding hydrogens is 730 g/mol. The second-order valence-corrected chi connectivity index (χ2v) is 15.6. The number of hydrogen-bond acceptors (Lipinski definition) is 11. The molecule has 3 aliphatic rings. The zero-order chi connectivity index (χ0) is 40.6. The lowest BCUT2D eigenvalue weighted by Crippen LogP contribution is -2.53. The first-order valence-corrected chi connectivity index (χ1v) is 18.6. The van der Waals surface area contributed by atoms with E-state index in [4.69, 9.17) is 41.0 Å². The molecule has 0 radical (unpaired) electrons. The van der Waals surface area contributed by atoms with E-state index in [2.05, 4.69) is 0 Å². The van der Waals surface area contributed by atoms with Crippen molar-refractivity contribution in [2.75, 3.05) is 38.9 Å². The quantitative estimate of drug-likeness (QED) is 0.231. The number of carbonyl (C=O) groups excluding carboxylic acids is 4. The van der Waals surface area contributed by atoms with Gasteiger partial charge in [-0.25, -0.2) is 4.79 Å². The van der Waals surface area contributed by atoms with E-state index in [0.29, 0.717) is 22.8 Å². The fourth-order valence-electron chi connectivity index (χ4n) is 7.55. The molecule has 2 fully saturated rings. The van der Waals surface area contributed by atoms with E-state index in [1.54, 1.807) is 38.3 Å². The maximum Gasteiger partial charge on any atom is 0.328 e. The standard InChI is InChI=1S/C41H52ClN3O10/c1-22-11-10-12-32(52-9)41(50)20-31(53-35(47)21-41)24(3)37-40(5,55-37)33(19-34(46)45(7)29-17-26(15-22)16-23(2)36(29)42)54-39(49)25(4)44(6)38(48)28-18-27(43)13-14-30(28)51-8/h10-14,16-18,24-25,31-33,37,50H,15,19-21,43H2,1-9H3/b12-10+,22-11+/t24-,25+,31+,32-,33+,37+,40+,41-/m1/s1. The van der Waals surface area contributed by atoms with E-state index >= 15 is 0 Å². The number of anilines is 2. The van der Waals surface area contributed by atoms with Gasteiger partial charge in [0.25, 0.3) is 5.91 Å². The van der Waals surface area contributed by atoms with Crippen molar-refractivity contribution in [3.63, 3.8) is 0 Å². The fraction of sp³-hybridized carbons (Fsp3) is 0.512. The highest BCUT2D eigenvalue weighted by Gasteiger charge is 2.64. The summed E-state index contributed by atoms with van der Waals surface area (Å²) in [7, 11) is 5.96. The average molecular weight is 782 g/mol. The number of amides is 2. The monoisotopic (exact) mass is 781 g/mol. The van der Waals surface area contributed by atoms with Gasteiger partial charge in [-0.15, -0.1) is 0 Å². The molecule has 0 saturated carbocycles. The van der Waals surface area contributed by atoms with Gasteiger partial charge < -0.3 is 44.3 Å². The Bertz CT molecular complexity index is 1900. The number of ether oxygens (including phenoxy) is 5. The van der Waals surface area contributed by atoms with Crippen LogP contribution >= 0.6 is 11.6 Å². The maximum absolute atomic E-state index is 14.2. The van der Waals surface area contributed by atoms with E-state index in [0.717, 1.165) is 16.7 Å². The number of aryl methyl sites for hydroxylation is 1. The number of nitrogens with two attached hydrogens (primary N) is 1. The highest BCUT2D eigenvalue weighted by Crippen LogP contribution is 2.49. The Balaban J connectivity index is 1.51. The van der Waals surface area contributed by atoms with E-state index in [1.807, 2.05) is 39.0 Å². The number of carbonyl (C=O) groups is 4. The van der Waals surface area contributed by atoms with Crippen molar-refractivity contribution in [2.45, 2.75) is 102 Å². The number of epoxide rings is 1. The summed E-state index contributed by atoms with van der Waals surface area (Å²) in [5.74, 6) is -2.54. The molecule has 2 saturated heterocycles. The van der Waals surface area contributed by atoms with Crippen molar-refractivity contribution in [1.82, 2.24) is 4.90 Å². The van der Waals surface area contributed by atoms with Crippen LogP contribution in [0.3, 0.4) is 0 Å². The number of halogens is 1. The molecule has 3 N–H and O–H groups in total. The van der Waals surface area contributed by atoms with Crippen LogP contribution in [0.2, 0.25) is 5.02 Å². The van der Waals surface area contributed by atoms with Crippen LogP contribution in [0.15, 0.2) is 54.1 Å². The molecule has 55 heavy (non-hydrogen) atoms. The van der Waals surface area contributed by atoms with Crippen molar-refractivity contribution in [3.05, 3.63) is 75.8 Å². The Labute approximate surface area is 327 Å². The third kappa shape index (κ3) is 8.70. The van der Waals surface area contributed by atoms with Crippen LogP contribution < -0.4 is 15.4 Å². The number of hydrogen-bond donors (Lipinski definition) is 2. The van der Waals surface area contributed by atoms with Gasteiger partial charge in [0.1, 0.15) is 41.3 Å². The normalized spacial score (nSPS) is 30.6. The number of aliphatic hydroxyl groups is 1. The SMILES string of the molecule is COc1ccc(N)cc1C(=O)N(C)[C@@H](C)C(=O)O[C@H]1CC(=O)N(C)c2cc(cc(C)c2Cl)C/C(C)=C/C=C/[C@@H](OC)[C@]2(O)CC(=O)O[C@@H](C2)[C@@H](C)[C@@H]2O[C@@]12C. The second kappa shape index (κ2) is 16.4. The van der Waals surface area contributed by atoms with Crippen LogP contribution in [0.5, 0.6) is 5.75 Å². The molecule has 4 bridgehead atoms. The summed E-state index contributed by atoms with van der Waals surface area (Å²) < 4.78 is 29.3. The van der Waals surface area contributed by atoms with Crippen molar-refractivity contribution in [3.8, 4) is 5.75 Å². The third-order valence-corrected chi connectivity index (χ3v) is 11.7. The van der Waals surface area contributed by atoms with Gasteiger partial charge in [-0.2, -0.15) is 0 Å². The van der Waals surface area contributed by atoms with Gasteiger partial charge >= 0.3 is 11.9 Å². The topological polar surface area (TPSA) is 170 Å².